The number of pyridine rings is 2. The van der Waals surface area contributed by atoms with E-state index in [0.29, 0.717) is 39.8 Å². The molecule has 4 aliphatic rings. The Balaban J connectivity index is 0.000000180. The van der Waals surface area contributed by atoms with Crippen LogP contribution in [0.25, 0.3) is 21.5 Å². The number of aliphatic hydroxyl groups is 3. The fourth-order valence-electron chi connectivity index (χ4n) is 10.1. The molecule has 4 aliphatic carbocycles. The SMILES string of the molecule is CC(=O)OC[C@@H](C)n1ccc2c(C(=O)NCC3(O)CC4CCC3C4)c(Cl)ccc2c1=O.C[C@H](CO)n1ccc2c(C(=O)NCC3(O)CC4CCC3C4)c(Cl)ccc2c1=O. The van der Waals surface area contributed by atoms with Gasteiger partial charge in [0.25, 0.3) is 22.9 Å². The van der Waals surface area contributed by atoms with E-state index < -0.39 is 23.1 Å². The molecule has 13 nitrogen and oxygen atoms in total. The molecule has 4 fully saturated rings. The second kappa shape index (κ2) is 17.0. The van der Waals surface area contributed by atoms with E-state index in [-0.39, 0.29) is 88.4 Å². The lowest BCUT2D eigenvalue weighted by atomic mass is 9.84. The van der Waals surface area contributed by atoms with Crippen molar-refractivity contribution < 1.29 is 34.4 Å². The van der Waals surface area contributed by atoms with Crippen molar-refractivity contribution in [2.75, 3.05) is 26.3 Å². The van der Waals surface area contributed by atoms with Gasteiger partial charge in [-0.1, -0.05) is 23.2 Å². The Bertz CT molecular complexity index is 2420. The third kappa shape index (κ3) is 8.41. The molecule has 6 unspecified atom stereocenters. The largest absolute Gasteiger partial charge is 0.464 e. The topological polar surface area (TPSA) is 189 Å². The monoisotopic (exact) mass is 850 g/mol. The highest BCUT2D eigenvalue weighted by Gasteiger charge is 2.51. The van der Waals surface area contributed by atoms with Gasteiger partial charge in [0, 0.05) is 54.0 Å². The smallest absolute Gasteiger partial charge is 0.302 e. The number of ether oxygens (including phenoxy) is 1. The second-order valence-corrected chi connectivity index (χ2v) is 18.1. The fourth-order valence-corrected chi connectivity index (χ4v) is 10.6. The minimum atomic E-state index is -0.867. The molecule has 2 aromatic heterocycles. The second-order valence-electron chi connectivity index (χ2n) is 17.2. The lowest BCUT2D eigenvalue weighted by molar-refractivity contribution is -0.141. The maximum Gasteiger partial charge on any atom is 0.302 e. The van der Waals surface area contributed by atoms with Crippen LogP contribution in [-0.2, 0) is 9.53 Å². The number of aliphatic hydroxyl groups excluding tert-OH is 1. The lowest BCUT2D eigenvalue weighted by Crippen LogP contribution is -2.46. The van der Waals surface area contributed by atoms with Gasteiger partial charge in [-0.05, 0) is 125 Å². The molecule has 8 rings (SSSR count). The number of carbonyl (C=O) groups excluding carboxylic acids is 3. The molecule has 4 bridgehead atoms. The number of amides is 2. The van der Waals surface area contributed by atoms with Crippen LogP contribution in [0.2, 0.25) is 10.0 Å². The van der Waals surface area contributed by atoms with Crippen molar-refractivity contribution in [3.05, 3.63) is 90.7 Å². The van der Waals surface area contributed by atoms with Crippen molar-refractivity contribution in [1.29, 1.82) is 0 Å². The summed E-state index contributed by atoms with van der Waals surface area (Å²) in [6.07, 6.45) is 11.0. The van der Waals surface area contributed by atoms with E-state index >= 15 is 0 Å². The number of hydrogen-bond donors (Lipinski definition) is 5. The van der Waals surface area contributed by atoms with Crippen LogP contribution in [0.3, 0.4) is 0 Å². The van der Waals surface area contributed by atoms with Crippen molar-refractivity contribution in [2.24, 2.45) is 23.7 Å². The minimum Gasteiger partial charge on any atom is -0.464 e. The third-order valence-corrected chi connectivity index (χ3v) is 13.9. The molecule has 0 radical (unpaired) electrons. The van der Waals surface area contributed by atoms with Crippen LogP contribution < -0.4 is 21.8 Å². The third-order valence-electron chi connectivity index (χ3n) is 13.3. The van der Waals surface area contributed by atoms with Crippen LogP contribution in [0.5, 0.6) is 0 Å². The Morgan fingerprint density at radius 1 is 0.729 bits per heavy atom. The summed E-state index contributed by atoms with van der Waals surface area (Å²) in [4.78, 5) is 62.8. The fraction of sp³-hybridized carbons (Fsp3) is 0.523. The molecule has 15 heteroatoms. The van der Waals surface area contributed by atoms with Crippen LogP contribution in [0.15, 0.2) is 58.4 Å². The number of esters is 1. The van der Waals surface area contributed by atoms with Gasteiger partial charge in [-0.3, -0.25) is 24.0 Å². The number of rotatable bonds is 11. The number of benzene rings is 2. The number of aromatic nitrogens is 2. The Morgan fingerprint density at radius 3 is 1.54 bits per heavy atom. The Morgan fingerprint density at radius 2 is 1.17 bits per heavy atom. The molecule has 2 amide bonds. The molecule has 0 saturated heterocycles. The van der Waals surface area contributed by atoms with Crippen LogP contribution in [0, 0.1) is 23.7 Å². The van der Waals surface area contributed by atoms with Crippen LogP contribution in [-0.4, -0.2) is 79.7 Å². The lowest BCUT2D eigenvalue weighted by Gasteiger charge is -2.32. The van der Waals surface area contributed by atoms with Crippen LogP contribution >= 0.6 is 23.2 Å². The summed E-state index contributed by atoms with van der Waals surface area (Å²) in [6.45, 7) is 5.11. The summed E-state index contributed by atoms with van der Waals surface area (Å²) in [5.41, 5.74) is -1.83. The summed E-state index contributed by atoms with van der Waals surface area (Å²) < 4.78 is 7.92. The predicted octanol–water partition coefficient (Wildman–Crippen LogP) is 5.55. The number of fused-ring (bicyclic) bond motifs is 6. The summed E-state index contributed by atoms with van der Waals surface area (Å²) in [5.74, 6) is 0.361. The first kappa shape index (κ1) is 42.8. The molecule has 2 aromatic carbocycles. The number of hydrogen-bond acceptors (Lipinski definition) is 9. The van der Waals surface area contributed by atoms with Crippen molar-refractivity contribution in [2.45, 2.75) is 95.4 Å². The van der Waals surface area contributed by atoms with Gasteiger partial charge < -0.3 is 39.8 Å². The zero-order chi connectivity index (χ0) is 42.4. The van der Waals surface area contributed by atoms with Crippen LogP contribution in [0.4, 0.5) is 0 Å². The zero-order valence-electron chi connectivity index (χ0n) is 33.5. The molecule has 0 aliphatic heterocycles. The predicted molar refractivity (Wildman–Crippen MR) is 225 cm³/mol. The average molecular weight is 852 g/mol. The van der Waals surface area contributed by atoms with E-state index in [1.807, 2.05) is 0 Å². The minimum absolute atomic E-state index is 0.0718. The maximum absolute atomic E-state index is 13.0. The Hall–Kier alpha value is -4.27. The Kier molecular flexibility index (Phi) is 12.3. The molecule has 5 N–H and O–H groups in total. The van der Waals surface area contributed by atoms with Crippen molar-refractivity contribution >= 4 is 62.5 Å². The first-order valence-corrected chi connectivity index (χ1v) is 21.2. The first-order chi connectivity index (χ1) is 28.0. The highest BCUT2D eigenvalue weighted by Crippen LogP contribution is 2.51. The van der Waals surface area contributed by atoms with Gasteiger partial charge in [-0.25, -0.2) is 0 Å². The molecule has 4 saturated carbocycles. The number of halogens is 2. The van der Waals surface area contributed by atoms with Crippen LogP contribution in [0.1, 0.15) is 105 Å². The molecular weight excluding hydrogens is 799 g/mol. The van der Waals surface area contributed by atoms with E-state index in [9.17, 15) is 39.3 Å². The molecular formula is C44H52Cl2N4O9. The van der Waals surface area contributed by atoms with E-state index in [1.165, 1.54) is 22.1 Å². The average Bonchev–Trinajstić information content (AvgIpc) is 4.01. The van der Waals surface area contributed by atoms with E-state index in [2.05, 4.69) is 10.6 Å². The molecule has 8 atom stereocenters. The van der Waals surface area contributed by atoms with Gasteiger partial charge in [0.15, 0.2) is 0 Å². The first-order valence-electron chi connectivity index (χ1n) is 20.5. The number of carbonyl (C=O) groups is 3. The molecule has 0 spiro atoms. The van der Waals surface area contributed by atoms with E-state index in [4.69, 9.17) is 27.9 Å². The highest BCUT2D eigenvalue weighted by molar-refractivity contribution is 6.36. The van der Waals surface area contributed by atoms with E-state index in [0.717, 1.165) is 44.9 Å². The summed E-state index contributed by atoms with van der Waals surface area (Å²) in [7, 11) is 0. The van der Waals surface area contributed by atoms with Gasteiger partial charge in [0.05, 0.1) is 51.1 Å². The van der Waals surface area contributed by atoms with Crippen molar-refractivity contribution in [1.82, 2.24) is 19.8 Å². The standard InChI is InChI=1S/C23H27ClN2O5.C21H25ClN2O4/c1-13(11-31-14(2)27)26-8-7-17-18(22(26)29)5-6-19(24)20(17)21(28)25-12-23(30)10-15-3-4-16(23)9-15;1-12(10-25)24-7-6-15-16(20(24)27)4-5-17(22)18(15)19(26)23-11-21(28)9-13-2-3-14(21)8-13/h5-8,13,15-16,30H,3-4,9-12H2,1-2H3,(H,25,28);4-7,12-14,25,28H,2-3,8-11H2,1H3,(H,23,26)/t13-,15?,16?,23?;12-,13?,14?,21?/m11/s1. The van der Waals surface area contributed by atoms with Gasteiger partial charge in [0.2, 0.25) is 0 Å². The normalized spacial score (nSPS) is 26.4. The molecule has 4 aromatic rings. The molecule has 316 valence electrons. The Labute approximate surface area is 351 Å². The van der Waals surface area contributed by atoms with Gasteiger partial charge in [-0.2, -0.15) is 0 Å². The number of nitrogens with one attached hydrogen (secondary N) is 2. The van der Waals surface area contributed by atoms with Gasteiger partial charge >= 0.3 is 5.97 Å². The number of nitrogens with zero attached hydrogens (tertiary/aromatic N) is 2. The maximum atomic E-state index is 13.0. The summed E-state index contributed by atoms with van der Waals surface area (Å²) >= 11 is 12.6. The zero-order valence-corrected chi connectivity index (χ0v) is 35.0. The summed E-state index contributed by atoms with van der Waals surface area (Å²) in [5, 5.41) is 39.0. The van der Waals surface area contributed by atoms with Crippen molar-refractivity contribution in [3.63, 3.8) is 0 Å². The molecule has 2 heterocycles. The molecule has 59 heavy (non-hydrogen) atoms. The van der Waals surface area contributed by atoms with E-state index in [1.54, 1.807) is 56.6 Å². The van der Waals surface area contributed by atoms with Gasteiger partial charge in [-0.15, -0.1) is 0 Å². The van der Waals surface area contributed by atoms with Crippen molar-refractivity contribution in [3.8, 4) is 0 Å². The van der Waals surface area contributed by atoms with Gasteiger partial charge in [0.1, 0.15) is 6.61 Å². The highest BCUT2D eigenvalue weighted by atomic mass is 35.5. The quantitative estimate of drug-likeness (QED) is 0.121. The summed E-state index contributed by atoms with van der Waals surface area (Å²) in [6, 6.07) is 8.89.